The van der Waals surface area contributed by atoms with Gasteiger partial charge in [0.15, 0.2) is 6.86 Å². The van der Waals surface area contributed by atoms with Crippen molar-refractivity contribution in [3.63, 3.8) is 0 Å². The fourth-order valence-corrected chi connectivity index (χ4v) is 0.351. The Bertz CT molecular complexity index is 191. The minimum absolute atomic E-state index is 2.13. The zero-order chi connectivity index (χ0) is 10.7. The maximum absolute atomic E-state index is 12.1. The maximum Gasteiger partial charge on any atom is 0.495 e. The normalized spacial score (nSPS) is 12.8. The molecule has 0 saturated heterocycles. The molecule has 8 heteroatoms. The van der Waals surface area contributed by atoms with Crippen LogP contribution in [-0.4, -0.2) is 19.1 Å². The Morgan fingerprint density at radius 1 is 1.15 bits per heavy atom. The first kappa shape index (κ1) is 12.1. The molecular weight excluding hydrogens is 206 g/mol. The van der Waals surface area contributed by atoms with Crippen molar-refractivity contribution in [1.29, 1.82) is 0 Å². The van der Waals surface area contributed by atoms with Crippen molar-refractivity contribution in [3.8, 4) is 0 Å². The molecule has 0 saturated carbocycles. The van der Waals surface area contributed by atoms with Gasteiger partial charge in [0.05, 0.1) is 0 Å². The summed E-state index contributed by atoms with van der Waals surface area (Å²) < 4.78 is 76.4. The topological polar surface area (TPSA) is 18.5 Å². The molecule has 0 bridgehead atoms. The summed E-state index contributed by atoms with van der Waals surface area (Å²) in [4.78, 5) is 0. The first-order valence-corrected chi connectivity index (χ1v) is 2.72. The van der Waals surface area contributed by atoms with Gasteiger partial charge in [0.1, 0.15) is 0 Å². The van der Waals surface area contributed by atoms with Gasteiger partial charge in [-0.2, -0.15) is 22.0 Å². The van der Waals surface area contributed by atoms with E-state index in [0.29, 0.717) is 0 Å². The molecule has 0 aromatic heterocycles. The monoisotopic (exact) mass is 210 g/mol. The molecule has 0 aromatic carbocycles. The molecule has 0 spiro atoms. The Labute approximate surface area is 68.7 Å². The lowest BCUT2D eigenvalue weighted by Crippen LogP contribution is -2.44. The number of rotatable bonds is 5. The number of ether oxygens (including phenoxy) is 2. The van der Waals surface area contributed by atoms with Gasteiger partial charge in [0, 0.05) is 0 Å². The fraction of sp³-hybridized carbons (Fsp3) is 0.600. The van der Waals surface area contributed by atoms with E-state index in [1.165, 1.54) is 0 Å². The van der Waals surface area contributed by atoms with E-state index in [1.807, 2.05) is 0 Å². The predicted octanol–water partition coefficient (Wildman–Crippen LogP) is 2.57. The third-order valence-electron chi connectivity index (χ3n) is 0.814. The highest BCUT2D eigenvalue weighted by Crippen LogP contribution is 2.37. The Morgan fingerprint density at radius 2 is 1.62 bits per heavy atom. The lowest BCUT2D eigenvalue weighted by Gasteiger charge is -2.23. The van der Waals surface area contributed by atoms with Crippen LogP contribution in [0.15, 0.2) is 12.6 Å². The van der Waals surface area contributed by atoms with Crippen LogP contribution < -0.4 is 0 Å². The zero-order valence-electron chi connectivity index (χ0n) is 6.00. The van der Waals surface area contributed by atoms with Crippen molar-refractivity contribution in [2.24, 2.45) is 0 Å². The third kappa shape index (κ3) is 3.13. The van der Waals surface area contributed by atoms with E-state index in [2.05, 4.69) is 16.1 Å². The van der Waals surface area contributed by atoms with Gasteiger partial charge in [-0.25, -0.2) is 4.39 Å². The average molecular weight is 210 g/mol. The van der Waals surface area contributed by atoms with E-state index in [9.17, 15) is 26.3 Å². The average Bonchev–Trinajstić information content (AvgIpc) is 1.82. The van der Waals surface area contributed by atoms with Crippen LogP contribution in [0.5, 0.6) is 0 Å². The third-order valence-corrected chi connectivity index (χ3v) is 0.814. The highest BCUT2D eigenvalue weighted by atomic mass is 19.3. The first-order chi connectivity index (χ1) is 5.73. The maximum atomic E-state index is 12.1. The van der Waals surface area contributed by atoms with Crippen LogP contribution in [0.2, 0.25) is 0 Å². The Hall–Kier alpha value is -0.920. The smallest absolute Gasteiger partial charge is 0.400 e. The van der Waals surface area contributed by atoms with Crippen molar-refractivity contribution < 1.29 is 35.8 Å². The molecule has 13 heavy (non-hydrogen) atoms. The van der Waals surface area contributed by atoms with Gasteiger partial charge in [-0.05, 0) is 6.58 Å². The zero-order valence-corrected chi connectivity index (χ0v) is 6.00. The molecule has 0 amide bonds. The van der Waals surface area contributed by atoms with Gasteiger partial charge in [-0.15, -0.1) is 0 Å². The Kier molecular flexibility index (Phi) is 3.59. The first-order valence-electron chi connectivity index (χ1n) is 2.72. The van der Waals surface area contributed by atoms with Crippen LogP contribution in [0.3, 0.4) is 0 Å². The van der Waals surface area contributed by atoms with E-state index in [4.69, 9.17) is 0 Å². The van der Waals surface area contributed by atoms with Crippen molar-refractivity contribution in [2.75, 3.05) is 6.86 Å². The second-order valence-corrected chi connectivity index (χ2v) is 1.74. The second-order valence-electron chi connectivity index (χ2n) is 1.74. The molecule has 0 aromatic rings. The van der Waals surface area contributed by atoms with Gasteiger partial charge in [0.25, 0.3) is 6.01 Å². The van der Waals surface area contributed by atoms with Crippen molar-refractivity contribution in [1.82, 2.24) is 0 Å². The molecule has 0 radical (unpaired) electrons. The quantitative estimate of drug-likeness (QED) is 0.512. The lowest BCUT2D eigenvalue weighted by molar-refractivity contribution is -0.430. The van der Waals surface area contributed by atoms with Gasteiger partial charge in [-0.1, -0.05) is 0 Å². The Balaban J connectivity index is 4.49. The van der Waals surface area contributed by atoms with E-state index >= 15 is 0 Å². The van der Waals surface area contributed by atoms with Gasteiger partial charge in [-0.3, -0.25) is 4.74 Å². The van der Waals surface area contributed by atoms with E-state index in [-0.39, 0.29) is 0 Å². The van der Waals surface area contributed by atoms with Gasteiger partial charge in [0.2, 0.25) is 0 Å². The summed E-state index contributed by atoms with van der Waals surface area (Å²) >= 11 is 0. The van der Waals surface area contributed by atoms with E-state index < -0.39 is 25.1 Å². The molecule has 0 aliphatic heterocycles. The number of hydrogen-bond donors (Lipinski definition) is 0. The highest BCUT2D eigenvalue weighted by Gasteiger charge is 2.62. The molecule has 0 heterocycles. The SMILES string of the molecule is C=C(F)OC(F)(F)C(F)(F)OCF. The largest absolute Gasteiger partial charge is 0.495 e. The molecule has 2 nitrogen and oxygen atoms in total. The Morgan fingerprint density at radius 3 is 1.92 bits per heavy atom. The van der Waals surface area contributed by atoms with Crippen LogP contribution >= 0.6 is 0 Å². The standard InChI is InChI=1S/C5H4F6O2/c1-3(7)13-5(10,11)4(8,9)12-2-6/h1-2H2. The van der Waals surface area contributed by atoms with Gasteiger partial charge < -0.3 is 4.74 Å². The molecule has 0 aliphatic rings. The van der Waals surface area contributed by atoms with Gasteiger partial charge >= 0.3 is 12.2 Å². The van der Waals surface area contributed by atoms with Crippen LogP contribution in [0.4, 0.5) is 26.3 Å². The van der Waals surface area contributed by atoms with Crippen molar-refractivity contribution >= 4 is 0 Å². The summed E-state index contributed by atoms with van der Waals surface area (Å²) in [6.07, 6.45) is -10.6. The molecule has 0 fully saturated rings. The molecular formula is C5H4F6O2. The number of hydrogen-bond acceptors (Lipinski definition) is 2. The summed E-state index contributed by atoms with van der Waals surface area (Å²) in [6.45, 7) is 0.000426. The summed E-state index contributed by atoms with van der Waals surface area (Å²) in [5, 5.41) is 0. The predicted molar refractivity (Wildman–Crippen MR) is 28.3 cm³/mol. The minimum Gasteiger partial charge on any atom is -0.400 e. The molecule has 78 valence electrons. The highest BCUT2D eigenvalue weighted by molar-refractivity contribution is 4.74. The lowest BCUT2D eigenvalue weighted by atomic mass is 10.6. The molecule has 0 atom stereocenters. The second kappa shape index (κ2) is 3.86. The number of alkyl halides is 5. The van der Waals surface area contributed by atoms with E-state index in [1.54, 1.807) is 0 Å². The van der Waals surface area contributed by atoms with Crippen LogP contribution in [-0.2, 0) is 9.47 Å². The summed E-state index contributed by atoms with van der Waals surface area (Å²) in [7, 11) is 0. The van der Waals surface area contributed by atoms with Crippen molar-refractivity contribution in [3.05, 3.63) is 12.6 Å². The van der Waals surface area contributed by atoms with E-state index in [0.717, 1.165) is 0 Å². The molecule has 0 rings (SSSR count). The van der Waals surface area contributed by atoms with Crippen LogP contribution in [0, 0.1) is 0 Å². The molecule has 0 unspecified atom stereocenters. The number of halogens is 6. The fourth-order valence-electron chi connectivity index (χ4n) is 0.351. The van der Waals surface area contributed by atoms with Crippen molar-refractivity contribution in [2.45, 2.75) is 12.2 Å². The summed E-state index contributed by atoms with van der Waals surface area (Å²) in [6, 6.07) is -2.13. The summed E-state index contributed by atoms with van der Waals surface area (Å²) in [5.41, 5.74) is 0. The van der Waals surface area contributed by atoms with Crippen LogP contribution in [0.25, 0.3) is 0 Å². The molecule has 0 aliphatic carbocycles. The summed E-state index contributed by atoms with van der Waals surface area (Å²) in [5.74, 6) is 0. The van der Waals surface area contributed by atoms with Crippen LogP contribution in [0.1, 0.15) is 0 Å². The minimum atomic E-state index is -5.30. The molecule has 0 N–H and O–H groups in total.